The van der Waals surface area contributed by atoms with Gasteiger partial charge in [0.1, 0.15) is 5.82 Å². The standard InChI is InChI=1S/C25H25N7O2/c1-32(2)18-8-10-20(19(26)12-18)31-25(34)16-5-3-15(4-6-16)13-29-23-14-28-21-9-7-17(24(27)33)11-22(21)30-23/h3-12,14H,13,26H2,1-2H3,(H2,27,33)(H,29,30)(H,31,34). The molecule has 0 saturated heterocycles. The van der Waals surface area contributed by atoms with Gasteiger partial charge in [0, 0.05) is 37.5 Å². The summed E-state index contributed by atoms with van der Waals surface area (Å²) < 4.78 is 0. The molecular weight excluding hydrogens is 430 g/mol. The second kappa shape index (κ2) is 9.45. The van der Waals surface area contributed by atoms with Crippen molar-refractivity contribution in [1.82, 2.24) is 9.97 Å². The molecule has 4 rings (SSSR count). The van der Waals surface area contributed by atoms with E-state index in [-0.39, 0.29) is 5.91 Å². The van der Waals surface area contributed by atoms with E-state index in [1.807, 2.05) is 43.3 Å². The van der Waals surface area contributed by atoms with Crippen LogP contribution >= 0.6 is 0 Å². The number of carbonyl (C=O) groups is 2. The first-order chi connectivity index (χ1) is 16.3. The van der Waals surface area contributed by atoms with Gasteiger partial charge in [-0.1, -0.05) is 12.1 Å². The van der Waals surface area contributed by atoms with Gasteiger partial charge in [-0.25, -0.2) is 4.98 Å². The lowest BCUT2D eigenvalue weighted by molar-refractivity contribution is 0.0997. The highest BCUT2D eigenvalue weighted by molar-refractivity contribution is 6.06. The van der Waals surface area contributed by atoms with Gasteiger partial charge in [0.2, 0.25) is 5.91 Å². The van der Waals surface area contributed by atoms with Gasteiger partial charge in [-0.05, 0) is 54.1 Å². The second-order valence-electron chi connectivity index (χ2n) is 7.99. The van der Waals surface area contributed by atoms with Crippen molar-refractivity contribution in [1.29, 1.82) is 0 Å². The van der Waals surface area contributed by atoms with Gasteiger partial charge in [-0.3, -0.25) is 14.6 Å². The molecule has 0 aliphatic heterocycles. The molecule has 1 heterocycles. The molecule has 3 aromatic carbocycles. The van der Waals surface area contributed by atoms with Crippen LogP contribution in [0, 0.1) is 0 Å². The fourth-order valence-electron chi connectivity index (χ4n) is 3.35. The van der Waals surface area contributed by atoms with Crippen LogP contribution in [0.25, 0.3) is 11.0 Å². The van der Waals surface area contributed by atoms with Crippen molar-refractivity contribution in [2.45, 2.75) is 6.54 Å². The van der Waals surface area contributed by atoms with Gasteiger partial charge < -0.3 is 27.0 Å². The van der Waals surface area contributed by atoms with Crippen molar-refractivity contribution in [2.24, 2.45) is 5.73 Å². The lowest BCUT2D eigenvalue weighted by Crippen LogP contribution is -2.14. The van der Waals surface area contributed by atoms with Crippen LogP contribution in [0.3, 0.4) is 0 Å². The summed E-state index contributed by atoms with van der Waals surface area (Å²) in [5.41, 5.74) is 16.5. The number of hydrogen-bond acceptors (Lipinski definition) is 7. The van der Waals surface area contributed by atoms with Crippen molar-refractivity contribution in [3.8, 4) is 0 Å². The van der Waals surface area contributed by atoms with Crippen molar-refractivity contribution in [2.75, 3.05) is 35.4 Å². The van der Waals surface area contributed by atoms with Gasteiger partial charge in [0.05, 0.1) is 28.6 Å². The summed E-state index contributed by atoms with van der Waals surface area (Å²) in [6.07, 6.45) is 1.63. The highest BCUT2D eigenvalue weighted by Gasteiger charge is 2.10. The van der Waals surface area contributed by atoms with Crippen LogP contribution in [0.1, 0.15) is 26.3 Å². The zero-order chi connectivity index (χ0) is 24.2. The van der Waals surface area contributed by atoms with E-state index in [0.29, 0.717) is 45.9 Å². The minimum atomic E-state index is -0.514. The molecule has 0 radical (unpaired) electrons. The summed E-state index contributed by atoms with van der Waals surface area (Å²) >= 11 is 0. The molecule has 0 aliphatic carbocycles. The number of nitrogen functional groups attached to an aromatic ring is 1. The summed E-state index contributed by atoms with van der Waals surface area (Å²) in [5.74, 6) is -0.193. The second-order valence-corrected chi connectivity index (χ2v) is 7.99. The first kappa shape index (κ1) is 22.5. The number of amides is 2. The minimum absolute atomic E-state index is 0.241. The van der Waals surface area contributed by atoms with E-state index in [4.69, 9.17) is 11.5 Å². The lowest BCUT2D eigenvalue weighted by atomic mass is 10.1. The van der Waals surface area contributed by atoms with Gasteiger partial charge in [-0.15, -0.1) is 0 Å². The predicted octanol–water partition coefficient (Wildman–Crippen LogP) is 3.24. The van der Waals surface area contributed by atoms with Gasteiger partial charge in [0.25, 0.3) is 5.91 Å². The Bertz CT molecular complexity index is 1370. The number of benzene rings is 3. The lowest BCUT2D eigenvalue weighted by Gasteiger charge is -2.15. The fourth-order valence-corrected chi connectivity index (χ4v) is 3.35. The Balaban J connectivity index is 1.40. The minimum Gasteiger partial charge on any atom is -0.397 e. The Morgan fingerprint density at radius 3 is 2.35 bits per heavy atom. The Morgan fingerprint density at radius 2 is 1.68 bits per heavy atom. The molecule has 172 valence electrons. The molecule has 1 aromatic heterocycles. The monoisotopic (exact) mass is 455 g/mol. The molecule has 9 nitrogen and oxygen atoms in total. The van der Waals surface area contributed by atoms with Crippen molar-refractivity contribution in [3.63, 3.8) is 0 Å². The van der Waals surface area contributed by atoms with Crippen molar-refractivity contribution < 1.29 is 9.59 Å². The smallest absolute Gasteiger partial charge is 0.255 e. The number of nitrogens with zero attached hydrogens (tertiary/aromatic N) is 3. The summed E-state index contributed by atoms with van der Waals surface area (Å²) in [6, 6.07) is 17.7. The molecule has 0 bridgehead atoms. The van der Waals surface area contributed by atoms with Crippen LogP contribution in [0.5, 0.6) is 0 Å². The summed E-state index contributed by atoms with van der Waals surface area (Å²) in [7, 11) is 3.85. The summed E-state index contributed by atoms with van der Waals surface area (Å²) in [6.45, 7) is 0.483. The average Bonchev–Trinajstić information content (AvgIpc) is 2.83. The summed E-state index contributed by atoms with van der Waals surface area (Å²) in [5, 5.41) is 6.05. The third-order valence-corrected chi connectivity index (χ3v) is 5.32. The third kappa shape index (κ3) is 5.04. The number of anilines is 4. The number of carbonyl (C=O) groups excluding carboxylic acids is 2. The first-order valence-corrected chi connectivity index (χ1v) is 10.6. The van der Waals surface area contributed by atoms with Crippen molar-refractivity contribution in [3.05, 3.63) is 83.6 Å². The average molecular weight is 456 g/mol. The molecule has 4 aromatic rings. The van der Waals surface area contributed by atoms with Crippen LogP contribution in [0.15, 0.2) is 66.9 Å². The molecule has 9 heteroatoms. The Labute approximate surface area is 196 Å². The van der Waals surface area contributed by atoms with E-state index in [0.717, 1.165) is 11.3 Å². The highest BCUT2D eigenvalue weighted by Crippen LogP contribution is 2.25. The normalized spacial score (nSPS) is 10.6. The predicted molar refractivity (Wildman–Crippen MR) is 135 cm³/mol. The third-order valence-electron chi connectivity index (χ3n) is 5.32. The van der Waals surface area contributed by atoms with E-state index in [2.05, 4.69) is 20.6 Å². The molecule has 0 spiro atoms. The van der Waals surface area contributed by atoms with Crippen LogP contribution in [0.2, 0.25) is 0 Å². The molecule has 0 saturated carbocycles. The number of aromatic nitrogens is 2. The Morgan fingerprint density at radius 1 is 0.941 bits per heavy atom. The maximum Gasteiger partial charge on any atom is 0.255 e. The number of nitrogens with one attached hydrogen (secondary N) is 2. The van der Waals surface area contributed by atoms with Crippen LogP contribution in [-0.2, 0) is 6.54 Å². The van der Waals surface area contributed by atoms with Gasteiger partial charge in [0.15, 0.2) is 0 Å². The maximum atomic E-state index is 12.6. The van der Waals surface area contributed by atoms with E-state index in [1.165, 1.54) is 0 Å². The SMILES string of the molecule is CN(C)c1ccc(NC(=O)c2ccc(CNc3cnc4ccc(C(N)=O)cc4n3)cc2)c(N)c1. The number of fused-ring (bicyclic) bond motifs is 1. The number of nitrogens with two attached hydrogens (primary N) is 2. The van der Waals surface area contributed by atoms with Crippen molar-refractivity contribution >= 4 is 45.7 Å². The molecule has 0 fully saturated rings. The van der Waals surface area contributed by atoms with E-state index >= 15 is 0 Å². The number of primary amides is 1. The molecular formula is C25H25N7O2. The first-order valence-electron chi connectivity index (χ1n) is 10.6. The highest BCUT2D eigenvalue weighted by atomic mass is 16.2. The molecule has 34 heavy (non-hydrogen) atoms. The number of hydrogen-bond donors (Lipinski definition) is 4. The molecule has 2 amide bonds. The van der Waals surface area contributed by atoms with Crippen LogP contribution < -0.4 is 27.0 Å². The quantitative estimate of drug-likeness (QED) is 0.314. The van der Waals surface area contributed by atoms with Crippen LogP contribution in [-0.4, -0.2) is 35.9 Å². The number of rotatable bonds is 7. The fraction of sp³-hybridized carbons (Fsp3) is 0.120. The zero-order valence-electron chi connectivity index (χ0n) is 18.9. The molecule has 0 atom stereocenters. The molecule has 6 N–H and O–H groups in total. The van der Waals surface area contributed by atoms with Gasteiger partial charge >= 0.3 is 0 Å². The largest absolute Gasteiger partial charge is 0.397 e. The van der Waals surface area contributed by atoms with E-state index in [1.54, 1.807) is 42.6 Å². The Kier molecular flexibility index (Phi) is 6.26. The Hall–Kier alpha value is -4.66. The van der Waals surface area contributed by atoms with E-state index in [9.17, 15) is 9.59 Å². The molecule has 0 aliphatic rings. The zero-order valence-corrected chi connectivity index (χ0v) is 18.9. The van der Waals surface area contributed by atoms with E-state index < -0.39 is 5.91 Å². The maximum absolute atomic E-state index is 12.6. The topological polar surface area (TPSA) is 139 Å². The molecule has 0 unspecified atom stereocenters. The summed E-state index contributed by atoms with van der Waals surface area (Å²) in [4.78, 5) is 34.8. The van der Waals surface area contributed by atoms with Gasteiger partial charge in [-0.2, -0.15) is 0 Å². The van der Waals surface area contributed by atoms with Crippen LogP contribution in [0.4, 0.5) is 22.9 Å².